The van der Waals surface area contributed by atoms with Crippen LogP contribution in [-0.2, 0) is 0 Å². The molecule has 0 aromatic rings. The fourth-order valence-electron chi connectivity index (χ4n) is 1.11. The standard InChI is InChI=1S/C8H16FNS2/c9-2-1-3-10-6-8-7-11-4-5-12-8/h8,10H,1-7H2. The van der Waals surface area contributed by atoms with Gasteiger partial charge in [-0.15, -0.1) is 0 Å². The highest BCUT2D eigenvalue weighted by atomic mass is 32.2. The first-order valence-corrected chi connectivity index (χ1v) is 6.60. The summed E-state index contributed by atoms with van der Waals surface area (Å²) in [5.74, 6) is 3.83. The number of alkyl halides is 1. The van der Waals surface area contributed by atoms with E-state index in [0.717, 1.165) is 18.3 Å². The van der Waals surface area contributed by atoms with Crippen molar-refractivity contribution in [2.75, 3.05) is 37.0 Å². The number of hydrogen-bond donors (Lipinski definition) is 1. The highest BCUT2D eigenvalue weighted by Crippen LogP contribution is 2.23. The zero-order valence-electron chi connectivity index (χ0n) is 7.22. The third kappa shape index (κ3) is 4.58. The van der Waals surface area contributed by atoms with Crippen molar-refractivity contribution in [3.05, 3.63) is 0 Å². The fraction of sp³-hybridized carbons (Fsp3) is 1.00. The van der Waals surface area contributed by atoms with Gasteiger partial charge in [-0.2, -0.15) is 23.5 Å². The van der Waals surface area contributed by atoms with E-state index in [1.807, 2.05) is 23.5 Å². The molecule has 0 radical (unpaired) electrons. The van der Waals surface area contributed by atoms with Crippen molar-refractivity contribution in [3.8, 4) is 0 Å². The van der Waals surface area contributed by atoms with Crippen molar-refractivity contribution >= 4 is 23.5 Å². The average Bonchev–Trinajstić information content (AvgIpc) is 2.14. The zero-order chi connectivity index (χ0) is 8.65. The quantitative estimate of drug-likeness (QED) is 0.693. The molecule has 12 heavy (non-hydrogen) atoms. The maximum atomic E-state index is 11.7. The van der Waals surface area contributed by atoms with Crippen LogP contribution < -0.4 is 5.32 Å². The molecule has 1 heterocycles. The summed E-state index contributed by atoms with van der Waals surface area (Å²) in [5, 5.41) is 4.03. The minimum absolute atomic E-state index is 0.195. The van der Waals surface area contributed by atoms with Crippen LogP contribution in [0.5, 0.6) is 0 Å². The maximum Gasteiger partial charge on any atom is 0.0906 e. The van der Waals surface area contributed by atoms with Crippen LogP contribution in [0.25, 0.3) is 0 Å². The molecule has 0 aromatic carbocycles. The molecule has 72 valence electrons. The summed E-state index contributed by atoms with van der Waals surface area (Å²) in [4.78, 5) is 0. The Hall–Kier alpha value is 0.590. The van der Waals surface area contributed by atoms with Gasteiger partial charge >= 0.3 is 0 Å². The predicted octanol–water partition coefficient (Wildman–Crippen LogP) is 1.78. The molecule has 1 fully saturated rings. The topological polar surface area (TPSA) is 12.0 Å². The summed E-state index contributed by atoms with van der Waals surface area (Å²) >= 11 is 4.08. The lowest BCUT2D eigenvalue weighted by atomic mass is 10.4. The fourth-order valence-corrected chi connectivity index (χ4v) is 3.76. The van der Waals surface area contributed by atoms with Crippen molar-refractivity contribution in [1.29, 1.82) is 0 Å². The van der Waals surface area contributed by atoms with Gasteiger partial charge in [-0.05, 0) is 13.0 Å². The van der Waals surface area contributed by atoms with E-state index in [4.69, 9.17) is 0 Å². The molecule has 1 saturated heterocycles. The van der Waals surface area contributed by atoms with Gasteiger partial charge in [-0.3, -0.25) is 4.39 Å². The molecular formula is C8H16FNS2. The Bertz CT molecular complexity index is 107. The summed E-state index contributed by atoms with van der Waals surface area (Å²) in [7, 11) is 0. The lowest BCUT2D eigenvalue weighted by Gasteiger charge is -2.20. The Morgan fingerprint density at radius 2 is 2.33 bits per heavy atom. The molecule has 1 N–H and O–H groups in total. The normalized spacial score (nSPS) is 24.2. The Morgan fingerprint density at radius 3 is 3.00 bits per heavy atom. The van der Waals surface area contributed by atoms with Crippen LogP contribution in [-0.4, -0.2) is 42.3 Å². The number of halogens is 1. The first kappa shape index (κ1) is 10.7. The van der Waals surface area contributed by atoms with Crippen molar-refractivity contribution in [3.63, 3.8) is 0 Å². The smallest absolute Gasteiger partial charge is 0.0906 e. The van der Waals surface area contributed by atoms with Crippen molar-refractivity contribution in [2.24, 2.45) is 0 Å². The minimum Gasteiger partial charge on any atom is -0.316 e. The maximum absolute atomic E-state index is 11.7. The van der Waals surface area contributed by atoms with Crippen LogP contribution in [0, 0.1) is 0 Å². The van der Waals surface area contributed by atoms with E-state index in [9.17, 15) is 4.39 Å². The van der Waals surface area contributed by atoms with Crippen LogP contribution >= 0.6 is 23.5 Å². The van der Waals surface area contributed by atoms with Crippen LogP contribution in [0.2, 0.25) is 0 Å². The molecule has 0 bridgehead atoms. The number of thioether (sulfide) groups is 2. The van der Waals surface area contributed by atoms with Gasteiger partial charge in [0, 0.05) is 29.1 Å². The Morgan fingerprint density at radius 1 is 1.42 bits per heavy atom. The third-order valence-electron chi connectivity index (χ3n) is 1.74. The van der Waals surface area contributed by atoms with Gasteiger partial charge in [0.2, 0.25) is 0 Å². The lowest BCUT2D eigenvalue weighted by Crippen LogP contribution is -2.29. The molecule has 4 heteroatoms. The first-order chi connectivity index (χ1) is 5.93. The zero-order valence-corrected chi connectivity index (χ0v) is 8.85. The van der Waals surface area contributed by atoms with Gasteiger partial charge in [0.1, 0.15) is 0 Å². The second-order valence-electron chi connectivity index (χ2n) is 2.81. The number of hydrogen-bond acceptors (Lipinski definition) is 3. The van der Waals surface area contributed by atoms with Crippen molar-refractivity contribution < 1.29 is 4.39 Å². The van der Waals surface area contributed by atoms with E-state index < -0.39 is 0 Å². The average molecular weight is 209 g/mol. The number of nitrogens with one attached hydrogen (secondary N) is 1. The molecule has 0 aromatic heterocycles. The van der Waals surface area contributed by atoms with E-state index in [-0.39, 0.29) is 6.67 Å². The molecular weight excluding hydrogens is 193 g/mol. The SMILES string of the molecule is FCCCNCC1CSCCS1. The van der Waals surface area contributed by atoms with Crippen molar-refractivity contribution in [2.45, 2.75) is 11.7 Å². The second kappa shape index (κ2) is 7.04. The van der Waals surface area contributed by atoms with E-state index in [2.05, 4.69) is 5.32 Å². The molecule has 1 aliphatic rings. The highest BCUT2D eigenvalue weighted by Gasteiger charge is 2.12. The van der Waals surface area contributed by atoms with Gasteiger partial charge in [0.15, 0.2) is 0 Å². The van der Waals surface area contributed by atoms with E-state index in [1.54, 1.807) is 0 Å². The summed E-state index contributed by atoms with van der Waals surface area (Å²) in [5.41, 5.74) is 0. The summed E-state index contributed by atoms with van der Waals surface area (Å²) in [6, 6.07) is 0. The van der Waals surface area contributed by atoms with Gasteiger partial charge in [0.25, 0.3) is 0 Å². The van der Waals surface area contributed by atoms with E-state index >= 15 is 0 Å². The van der Waals surface area contributed by atoms with E-state index in [1.165, 1.54) is 17.3 Å². The summed E-state index contributed by atoms with van der Waals surface area (Å²) < 4.78 is 11.7. The Labute approximate surface area is 82.2 Å². The largest absolute Gasteiger partial charge is 0.316 e. The monoisotopic (exact) mass is 209 g/mol. The van der Waals surface area contributed by atoms with Gasteiger partial charge < -0.3 is 5.32 Å². The van der Waals surface area contributed by atoms with Crippen LogP contribution in [0.1, 0.15) is 6.42 Å². The van der Waals surface area contributed by atoms with E-state index in [0.29, 0.717) is 6.42 Å². The lowest BCUT2D eigenvalue weighted by molar-refractivity contribution is 0.460. The molecule has 1 unspecified atom stereocenters. The highest BCUT2D eigenvalue weighted by molar-refractivity contribution is 8.06. The third-order valence-corrected chi connectivity index (χ3v) is 4.59. The molecule has 0 spiro atoms. The minimum atomic E-state index is -0.195. The second-order valence-corrected chi connectivity index (χ2v) is 5.37. The Kier molecular flexibility index (Phi) is 6.26. The van der Waals surface area contributed by atoms with Crippen LogP contribution in [0.3, 0.4) is 0 Å². The first-order valence-electron chi connectivity index (χ1n) is 4.39. The molecule has 0 aliphatic carbocycles. The Balaban J connectivity index is 1.91. The van der Waals surface area contributed by atoms with Crippen LogP contribution in [0.15, 0.2) is 0 Å². The molecule has 0 saturated carbocycles. The molecule has 0 amide bonds. The summed E-state index contributed by atoms with van der Waals surface area (Å²) in [6.45, 7) is 1.69. The molecule has 1 rings (SSSR count). The van der Waals surface area contributed by atoms with Gasteiger partial charge in [-0.1, -0.05) is 0 Å². The molecule has 1 nitrogen and oxygen atoms in total. The van der Waals surface area contributed by atoms with Crippen LogP contribution in [0.4, 0.5) is 4.39 Å². The molecule has 1 atom stereocenters. The van der Waals surface area contributed by atoms with Gasteiger partial charge in [-0.25, -0.2) is 0 Å². The molecule has 1 aliphatic heterocycles. The van der Waals surface area contributed by atoms with Crippen molar-refractivity contribution in [1.82, 2.24) is 5.32 Å². The number of rotatable bonds is 5. The summed E-state index contributed by atoms with van der Waals surface area (Å²) in [6.07, 6.45) is 0.657. The van der Waals surface area contributed by atoms with Gasteiger partial charge in [0.05, 0.1) is 6.67 Å². The predicted molar refractivity (Wildman–Crippen MR) is 57.0 cm³/mol.